The van der Waals surface area contributed by atoms with Gasteiger partial charge in [0.2, 0.25) is 11.8 Å². The molecule has 2 amide bonds. The Labute approximate surface area is 147 Å². The summed E-state index contributed by atoms with van der Waals surface area (Å²) in [6, 6.07) is 9.79. The highest BCUT2D eigenvalue weighted by atomic mass is 16.5. The van der Waals surface area contributed by atoms with Crippen LogP contribution in [0.1, 0.15) is 31.4 Å². The third-order valence-corrected chi connectivity index (χ3v) is 5.29. The lowest BCUT2D eigenvalue weighted by molar-refractivity contribution is -0.145. The molecule has 2 aliphatic rings. The molecule has 1 aromatic rings. The molecule has 25 heavy (non-hydrogen) atoms. The number of rotatable bonds is 4. The van der Waals surface area contributed by atoms with Gasteiger partial charge in [0.1, 0.15) is 0 Å². The first-order chi connectivity index (χ1) is 12.0. The third kappa shape index (κ3) is 3.52. The molecule has 2 aliphatic heterocycles. The molecule has 0 radical (unpaired) electrons. The van der Waals surface area contributed by atoms with Gasteiger partial charge >= 0.3 is 5.97 Å². The predicted molar refractivity (Wildman–Crippen MR) is 91.4 cm³/mol. The topological polar surface area (TPSA) is 66.9 Å². The molecule has 6 nitrogen and oxygen atoms in total. The number of benzene rings is 1. The maximum atomic E-state index is 12.7. The van der Waals surface area contributed by atoms with E-state index in [2.05, 4.69) is 0 Å². The van der Waals surface area contributed by atoms with E-state index in [4.69, 9.17) is 4.74 Å². The number of nitrogens with zero attached hydrogens (tertiary/aromatic N) is 2. The van der Waals surface area contributed by atoms with Gasteiger partial charge in [-0.3, -0.25) is 14.4 Å². The highest BCUT2D eigenvalue weighted by Gasteiger charge is 2.41. The molecule has 3 atom stereocenters. The van der Waals surface area contributed by atoms with Crippen LogP contribution in [0.15, 0.2) is 30.3 Å². The van der Waals surface area contributed by atoms with Gasteiger partial charge in [-0.15, -0.1) is 0 Å². The Morgan fingerprint density at radius 2 is 1.88 bits per heavy atom. The molecule has 0 aliphatic carbocycles. The number of likely N-dealkylation sites (tertiary alicyclic amines) is 2. The molecule has 0 unspecified atom stereocenters. The number of ether oxygens (including phenoxy) is 1. The van der Waals surface area contributed by atoms with Gasteiger partial charge in [0, 0.05) is 26.1 Å². The lowest BCUT2D eigenvalue weighted by atomic mass is 10.1. The van der Waals surface area contributed by atoms with Crippen LogP contribution in [0.5, 0.6) is 0 Å². The summed E-state index contributed by atoms with van der Waals surface area (Å²) in [6.07, 6.45) is 0.874. The summed E-state index contributed by atoms with van der Waals surface area (Å²) in [5.41, 5.74) is 1.07. The lowest BCUT2D eigenvalue weighted by Crippen LogP contribution is -2.37. The average molecular weight is 344 g/mol. The minimum Gasteiger partial charge on any atom is -0.469 e. The van der Waals surface area contributed by atoms with Crippen LogP contribution in [0.2, 0.25) is 0 Å². The van der Waals surface area contributed by atoms with Crippen molar-refractivity contribution in [1.82, 2.24) is 9.80 Å². The minimum atomic E-state index is -0.324. The van der Waals surface area contributed by atoms with E-state index >= 15 is 0 Å². The number of methoxy groups -OCH3 is 1. The molecule has 1 aromatic carbocycles. The monoisotopic (exact) mass is 344 g/mol. The van der Waals surface area contributed by atoms with E-state index < -0.39 is 0 Å². The fourth-order valence-corrected chi connectivity index (χ4v) is 3.76. The molecule has 0 bridgehead atoms. The molecule has 134 valence electrons. The van der Waals surface area contributed by atoms with Crippen molar-refractivity contribution in [2.24, 2.45) is 11.8 Å². The van der Waals surface area contributed by atoms with Crippen molar-refractivity contribution >= 4 is 17.8 Å². The zero-order valence-electron chi connectivity index (χ0n) is 14.7. The highest BCUT2D eigenvalue weighted by molar-refractivity contribution is 5.90. The normalized spacial score (nSPS) is 24.5. The zero-order valence-corrected chi connectivity index (χ0v) is 14.7. The Morgan fingerprint density at radius 1 is 1.16 bits per heavy atom. The Morgan fingerprint density at radius 3 is 2.56 bits per heavy atom. The summed E-state index contributed by atoms with van der Waals surface area (Å²) in [5, 5.41) is 0. The lowest BCUT2D eigenvalue weighted by Gasteiger charge is -2.26. The smallest absolute Gasteiger partial charge is 0.310 e. The van der Waals surface area contributed by atoms with E-state index in [9.17, 15) is 14.4 Å². The van der Waals surface area contributed by atoms with Crippen molar-refractivity contribution in [1.29, 1.82) is 0 Å². The molecule has 0 N–H and O–H groups in total. The van der Waals surface area contributed by atoms with Crippen LogP contribution < -0.4 is 0 Å². The number of amides is 2. The zero-order chi connectivity index (χ0) is 18.0. The van der Waals surface area contributed by atoms with Crippen molar-refractivity contribution in [2.45, 2.75) is 25.8 Å². The number of esters is 1. The Bertz CT molecular complexity index is 661. The summed E-state index contributed by atoms with van der Waals surface area (Å²) in [4.78, 5) is 40.3. The highest BCUT2D eigenvalue weighted by Crippen LogP contribution is 2.30. The second kappa shape index (κ2) is 7.25. The van der Waals surface area contributed by atoms with E-state index in [0.717, 1.165) is 5.56 Å². The van der Waals surface area contributed by atoms with Crippen molar-refractivity contribution in [3.63, 3.8) is 0 Å². The number of hydrogen-bond acceptors (Lipinski definition) is 4. The van der Waals surface area contributed by atoms with Gasteiger partial charge in [0.05, 0.1) is 25.0 Å². The van der Waals surface area contributed by atoms with E-state index in [-0.39, 0.29) is 42.1 Å². The van der Waals surface area contributed by atoms with Crippen molar-refractivity contribution in [3.8, 4) is 0 Å². The number of carbonyl (C=O) groups is 3. The SMILES string of the molecule is COC(=O)[C@@H]1CCN(C(=O)[C@H]2CC(=O)N([C@@H](C)c3ccccc3)C2)C1. The van der Waals surface area contributed by atoms with Crippen LogP contribution in [0.4, 0.5) is 0 Å². The second-order valence-electron chi connectivity index (χ2n) is 6.83. The largest absolute Gasteiger partial charge is 0.469 e. The molecule has 2 saturated heterocycles. The molecule has 0 saturated carbocycles. The van der Waals surface area contributed by atoms with E-state index in [1.54, 1.807) is 9.80 Å². The van der Waals surface area contributed by atoms with Gasteiger partial charge in [-0.05, 0) is 18.9 Å². The van der Waals surface area contributed by atoms with E-state index in [1.165, 1.54) is 7.11 Å². The fraction of sp³-hybridized carbons (Fsp3) is 0.526. The van der Waals surface area contributed by atoms with Crippen LogP contribution in [0.25, 0.3) is 0 Å². The maximum absolute atomic E-state index is 12.7. The standard InChI is InChI=1S/C19H24N2O4/c1-13(14-6-4-3-5-7-14)21-12-16(10-17(21)22)18(23)20-9-8-15(11-20)19(24)25-2/h3-7,13,15-16H,8-12H2,1-2H3/t13-,15+,16-/m0/s1. The summed E-state index contributed by atoms with van der Waals surface area (Å²) < 4.78 is 4.76. The van der Waals surface area contributed by atoms with Crippen molar-refractivity contribution in [3.05, 3.63) is 35.9 Å². The van der Waals surface area contributed by atoms with Gasteiger partial charge in [0.15, 0.2) is 0 Å². The van der Waals surface area contributed by atoms with E-state index in [1.807, 2.05) is 37.3 Å². The second-order valence-corrected chi connectivity index (χ2v) is 6.83. The molecular formula is C19H24N2O4. The first kappa shape index (κ1) is 17.5. The van der Waals surface area contributed by atoms with Gasteiger partial charge in [0.25, 0.3) is 0 Å². The van der Waals surface area contributed by atoms with Gasteiger partial charge in [-0.1, -0.05) is 30.3 Å². The molecule has 0 spiro atoms. The summed E-state index contributed by atoms with van der Waals surface area (Å²) in [7, 11) is 1.37. The molecule has 6 heteroatoms. The average Bonchev–Trinajstić information content (AvgIpc) is 3.27. The van der Waals surface area contributed by atoms with Gasteiger partial charge < -0.3 is 14.5 Å². The van der Waals surface area contributed by atoms with Crippen LogP contribution in [-0.4, -0.2) is 54.3 Å². The molecule has 2 heterocycles. The molecular weight excluding hydrogens is 320 g/mol. The summed E-state index contributed by atoms with van der Waals surface area (Å²) in [5.74, 6) is -0.849. The third-order valence-electron chi connectivity index (χ3n) is 5.29. The Hall–Kier alpha value is -2.37. The van der Waals surface area contributed by atoms with E-state index in [0.29, 0.717) is 26.1 Å². The Balaban J connectivity index is 1.62. The predicted octanol–water partition coefficient (Wildman–Crippen LogP) is 1.62. The Kier molecular flexibility index (Phi) is 5.06. The van der Waals surface area contributed by atoms with Crippen LogP contribution >= 0.6 is 0 Å². The van der Waals surface area contributed by atoms with Gasteiger partial charge in [-0.25, -0.2) is 0 Å². The van der Waals surface area contributed by atoms with Crippen LogP contribution in [-0.2, 0) is 19.1 Å². The first-order valence-corrected chi connectivity index (χ1v) is 8.72. The molecule has 0 aromatic heterocycles. The minimum absolute atomic E-state index is 0.0124. The quantitative estimate of drug-likeness (QED) is 0.779. The fourth-order valence-electron chi connectivity index (χ4n) is 3.76. The summed E-state index contributed by atoms with van der Waals surface area (Å²) in [6.45, 7) is 3.37. The number of carbonyl (C=O) groups excluding carboxylic acids is 3. The van der Waals surface area contributed by atoms with Crippen molar-refractivity contribution < 1.29 is 19.1 Å². The molecule has 3 rings (SSSR count). The maximum Gasteiger partial charge on any atom is 0.310 e. The molecule has 2 fully saturated rings. The van der Waals surface area contributed by atoms with Crippen molar-refractivity contribution in [2.75, 3.05) is 26.7 Å². The van der Waals surface area contributed by atoms with Crippen LogP contribution in [0, 0.1) is 11.8 Å². The summed E-state index contributed by atoms with van der Waals surface area (Å²) >= 11 is 0. The number of hydrogen-bond donors (Lipinski definition) is 0. The first-order valence-electron chi connectivity index (χ1n) is 8.72. The van der Waals surface area contributed by atoms with Gasteiger partial charge in [-0.2, -0.15) is 0 Å². The van der Waals surface area contributed by atoms with Crippen LogP contribution in [0.3, 0.4) is 0 Å².